The number of sulfonamides is 1. The number of benzene rings is 3. The average molecular weight is 637 g/mol. The van der Waals surface area contributed by atoms with Crippen molar-refractivity contribution in [2.24, 2.45) is 5.92 Å². The normalized spacial score (nSPS) is 18.1. The number of aliphatic hydroxyl groups excluding tert-OH is 1. The van der Waals surface area contributed by atoms with Crippen LogP contribution in [0.2, 0.25) is 10.0 Å². The predicted molar refractivity (Wildman–Crippen MR) is 164 cm³/mol. The highest BCUT2D eigenvalue weighted by atomic mass is 35.5. The van der Waals surface area contributed by atoms with Crippen LogP contribution in [-0.2, 0) is 16.6 Å². The Balaban J connectivity index is 1.62. The van der Waals surface area contributed by atoms with Crippen LogP contribution in [0.4, 0.5) is 5.69 Å². The molecular weight excluding hydrogens is 601 g/mol. The number of amides is 1. The Morgan fingerprint density at radius 1 is 1.12 bits per heavy atom. The molecule has 0 bridgehead atoms. The lowest BCUT2D eigenvalue weighted by atomic mass is 9.99. The molecule has 0 saturated carbocycles. The van der Waals surface area contributed by atoms with E-state index in [0.717, 1.165) is 5.56 Å². The van der Waals surface area contributed by atoms with E-state index in [-0.39, 0.29) is 40.7 Å². The smallest absolute Gasteiger partial charge is 0.261 e. The van der Waals surface area contributed by atoms with Crippen LogP contribution in [-0.4, -0.2) is 75.2 Å². The number of carbonyl (C=O) groups is 1. The summed E-state index contributed by atoms with van der Waals surface area (Å²) in [6.45, 7) is 5.02. The molecule has 42 heavy (non-hydrogen) atoms. The van der Waals surface area contributed by atoms with Crippen molar-refractivity contribution in [2.45, 2.75) is 37.4 Å². The van der Waals surface area contributed by atoms with Crippen molar-refractivity contribution in [3.05, 3.63) is 81.8 Å². The van der Waals surface area contributed by atoms with Crippen LogP contribution in [0.5, 0.6) is 11.5 Å². The third-order valence-electron chi connectivity index (χ3n) is 7.21. The highest BCUT2D eigenvalue weighted by Crippen LogP contribution is 2.32. The van der Waals surface area contributed by atoms with Crippen LogP contribution < -0.4 is 14.2 Å². The van der Waals surface area contributed by atoms with Crippen molar-refractivity contribution in [1.29, 1.82) is 0 Å². The van der Waals surface area contributed by atoms with E-state index in [2.05, 4.69) is 9.62 Å². The monoisotopic (exact) mass is 635 g/mol. The summed E-state index contributed by atoms with van der Waals surface area (Å²) in [6.07, 6.45) is -0.320. The second-order valence-corrected chi connectivity index (χ2v) is 13.1. The number of hydrogen-bond acceptors (Lipinski definition) is 7. The lowest BCUT2D eigenvalue weighted by molar-refractivity contribution is 0.0341. The number of ether oxygens (including phenoxy) is 2. The van der Waals surface area contributed by atoms with Crippen LogP contribution in [0.25, 0.3) is 0 Å². The number of nitrogens with one attached hydrogen (secondary N) is 1. The Hall–Kier alpha value is -3.02. The second kappa shape index (κ2) is 13.5. The molecule has 2 N–H and O–H groups in total. The highest BCUT2D eigenvalue weighted by molar-refractivity contribution is 7.92. The minimum absolute atomic E-state index is 0.0482. The van der Waals surface area contributed by atoms with Crippen molar-refractivity contribution in [2.75, 3.05) is 38.6 Å². The summed E-state index contributed by atoms with van der Waals surface area (Å²) < 4.78 is 40.2. The number of nitrogens with zero attached hydrogens (tertiary/aromatic N) is 2. The molecule has 3 aromatic carbocycles. The summed E-state index contributed by atoms with van der Waals surface area (Å²) >= 11 is 12.3. The van der Waals surface area contributed by atoms with E-state index in [1.807, 2.05) is 26.1 Å². The van der Waals surface area contributed by atoms with Gasteiger partial charge in [-0.05, 0) is 74.1 Å². The van der Waals surface area contributed by atoms with Gasteiger partial charge in [-0.1, -0.05) is 36.2 Å². The molecule has 4 rings (SSSR count). The minimum Gasteiger partial charge on any atom is -0.497 e. The van der Waals surface area contributed by atoms with Gasteiger partial charge in [0.25, 0.3) is 15.9 Å². The summed E-state index contributed by atoms with van der Waals surface area (Å²) in [7, 11) is -0.474. The summed E-state index contributed by atoms with van der Waals surface area (Å²) in [5, 5.41) is 10.9. The van der Waals surface area contributed by atoms with Gasteiger partial charge in [0.15, 0.2) is 0 Å². The molecule has 1 aliphatic rings. The van der Waals surface area contributed by atoms with E-state index >= 15 is 0 Å². The quantitative estimate of drug-likeness (QED) is 0.317. The van der Waals surface area contributed by atoms with Gasteiger partial charge in [0, 0.05) is 31.2 Å². The Bertz CT molecular complexity index is 1520. The SMILES string of the molecule is COc1ccc(S(=O)(=O)Nc2ccc3c(c2)C(=O)N([C@H](C)CO)C[C@@H](C)[C@H](CN(C)Cc2ccc(Cl)c(Cl)c2)O3)cc1. The summed E-state index contributed by atoms with van der Waals surface area (Å²) in [5.41, 5.74) is 1.40. The molecule has 0 fully saturated rings. The van der Waals surface area contributed by atoms with Gasteiger partial charge < -0.3 is 19.5 Å². The van der Waals surface area contributed by atoms with E-state index in [1.54, 1.807) is 42.2 Å². The number of rotatable bonds is 10. The average Bonchev–Trinajstić information content (AvgIpc) is 2.96. The van der Waals surface area contributed by atoms with Gasteiger partial charge in [0.05, 0.1) is 40.3 Å². The van der Waals surface area contributed by atoms with Crippen LogP contribution in [0.3, 0.4) is 0 Å². The number of methoxy groups -OCH3 is 1. The molecule has 0 aromatic heterocycles. The first-order chi connectivity index (χ1) is 19.9. The van der Waals surface area contributed by atoms with Gasteiger partial charge >= 0.3 is 0 Å². The van der Waals surface area contributed by atoms with Gasteiger partial charge in [-0.25, -0.2) is 8.42 Å². The van der Waals surface area contributed by atoms with Crippen molar-refractivity contribution in [1.82, 2.24) is 9.80 Å². The number of anilines is 1. The molecular formula is C30H35Cl2N3O6S. The van der Waals surface area contributed by atoms with Crippen molar-refractivity contribution in [3.63, 3.8) is 0 Å². The molecule has 0 saturated heterocycles. The molecule has 226 valence electrons. The summed E-state index contributed by atoms with van der Waals surface area (Å²) in [5.74, 6) is 0.427. The third kappa shape index (κ3) is 7.48. The maximum absolute atomic E-state index is 13.7. The minimum atomic E-state index is -3.94. The zero-order valence-electron chi connectivity index (χ0n) is 23.9. The lowest BCUT2D eigenvalue weighted by Crippen LogP contribution is -2.49. The van der Waals surface area contributed by atoms with Gasteiger partial charge in [-0.2, -0.15) is 0 Å². The lowest BCUT2D eigenvalue weighted by Gasteiger charge is -2.38. The molecule has 0 spiro atoms. The molecule has 0 unspecified atom stereocenters. The number of likely N-dealkylation sites (N-methyl/N-ethyl adjacent to an activating group) is 1. The standard InChI is InChI=1S/C30H35Cl2N3O6S/c1-19-15-35(20(2)18-36)30(37)25-14-22(33-42(38,39)24-9-7-23(40-4)8-10-24)6-12-28(25)41-29(19)17-34(3)16-21-5-11-26(31)27(32)13-21/h5-14,19-20,29,33,36H,15-18H2,1-4H3/t19-,20-,29+/m1/s1. The molecule has 0 aliphatic carbocycles. The van der Waals surface area contributed by atoms with Crippen molar-refractivity contribution < 1.29 is 27.8 Å². The summed E-state index contributed by atoms with van der Waals surface area (Å²) in [6, 6.07) is 15.7. The second-order valence-electron chi connectivity index (χ2n) is 10.6. The highest BCUT2D eigenvalue weighted by Gasteiger charge is 2.34. The first-order valence-corrected chi connectivity index (χ1v) is 15.7. The Kier molecular flexibility index (Phi) is 10.3. The number of carbonyl (C=O) groups excluding carboxylic acids is 1. The Labute approximate surface area is 257 Å². The molecule has 1 heterocycles. The molecule has 9 nitrogen and oxygen atoms in total. The zero-order valence-corrected chi connectivity index (χ0v) is 26.2. The third-order valence-corrected chi connectivity index (χ3v) is 9.35. The van der Waals surface area contributed by atoms with Gasteiger partial charge in [-0.15, -0.1) is 0 Å². The largest absolute Gasteiger partial charge is 0.497 e. The van der Waals surface area contributed by atoms with E-state index in [4.69, 9.17) is 32.7 Å². The maximum Gasteiger partial charge on any atom is 0.261 e. The predicted octanol–water partition coefficient (Wildman–Crippen LogP) is 5.15. The zero-order chi connectivity index (χ0) is 30.6. The van der Waals surface area contributed by atoms with Gasteiger partial charge in [0.2, 0.25) is 0 Å². The Morgan fingerprint density at radius 3 is 2.48 bits per heavy atom. The molecule has 0 radical (unpaired) electrons. The van der Waals surface area contributed by atoms with E-state index < -0.39 is 16.1 Å². The topological polar surface area (TPSA) is 108 Å². The number of halogens is 2. The number of aliphatic hydroxyl groups is 1. The van der Waals surface area contributed by atoms with Crippen molar-refractivity contribution >= 4 is 44.8 Å². The first-order valence-electron chi connectivity index (χ1n) is 13.4. The summed E-state index contributed by atoms with van der Waals surface area (Å²) in [4.78, 5) is 17.5. The van der Waals surface area contributed by atoms with Crippen LogP contribution >= 0.6 is 23.2 Å². The van der Waals surface area contributed by atoms with E-state index in [0.29, 0.717) is 41.2 Å². The number of hydrogen-bond donors (Lipinski definition) is 2. The van der Waals surface area contributed by atoms with Gasteiger partial charge in [-0.3, -0.25) is 14.4 Å². The molecule has 3 atom stereocenters. The maximum atomic E-state index is 13.7. The van der Waals surface area contributed by atoms with E-state index in [9.17, 15) is 18.3 Å². The molecule has 3 aromatic rings. The molecule has 1 aliphatic heterocycles. The first kappa shape index (κ1) is 31.9. The molecule has 12 heteroatoms. The fourth-order valence-electron chi connectivity index (χ4n) is 4.79. The van der Waals surface area contributed by atoms with Crippen LogP contribution in [0.15, 0.2) is 65.6 Å². The van der Waals surface area contributed by atoms with Crippen LogP contribution in [0.1, 0.15) is 29.8 Å². The van der Waals surface area contributed by atoms with Gasteiger partial charge in [0.1, 0.15) is 17.6 Å². The van der Waals surface area contributed by atoms with E-state index in [1.165, 1.54) is 25.3 Å². The fraction of sp³-hybridized carbons (Fsp3) is 0.367. The fourth-order valence-corrected chi connectivity index (χ4v) is 6.16. The van der Waals surface area contributed by atoms with Crippen LogP contribution in [0, 0.1) is 5.92 Å². The van der Waals surface area contributed by atoms with Crippen molar-refractivity contribution in [3.8, 4) is 11.5 Å². The molecule has 1 amide bonds. The number of fused-ring (bicyclic) bond motifs is 1. The Morgan fingerprint density at radius 2 is 1.83 bits per heavy atom.